The highest BCUT2D eigenvalue weighted by atomic mass is 16.4. The normalized spacial score (nSPS) is 12.8. The summed E-state index contributed by atoms with van der Waals surface area (Å²) >= 11 is 0. The predicted molar refractivity (Wildman–Crippen MR) is 93.1 cm³/mol. The summed E-state index contributed by atoms with van der Waals surface area (Å²) in [6.07, 6.45) is 1.77. The lowest BCUT2D eigenvalue weighted by atomic mass is 10.0. The van der Waals surface area contributed by atoms with Gasteiger partial charge in [-0.05, 0) is 35.5 Å². The molecule has 2 N–H and O–H groups in total. The van der Waals surface area contributed by atoms with Crippen molar-refractivity contribution in [2.75, 3.05) is 0 Å². The minimum atomic E-state index is -1.10. The average Bonchev–Trinajstić information content (AvgIpc) is 2.51. The van der Waals surface area contributed by atoms with Gasteiger partial charge in [0.2, 0.25) is 0 Å². The second-order valence-electron chi connectivity index (χ2n) is 6.49. The third kappa shape index (κ3) is 5.88. The average molecular weight is 328 g/mol. The van der Waals surface area contributed by atoms with Crippen molar-refractivity contribution in [2.45, 2.75) is 46.1 Å². The zero-order valence-electron chi connectivity index (χ0n) is 14.5. The fraction of sp³-hybridized carbons (Fsp3) is 0.421. The molecule has 0 radical (unpaired) electrons. The fourth-order valence-electron chi connectivity index (χ4n) is 2.22. The highest BCUT2D eigenvalue weighted by Gasteiger charge is 2.22. The molecule has 0 heterocycles. The van der Waals surface area contributed by atoms with Crippen molar-refractivity contribution < 1.29 is 14.7 Å². The van der Waals surface area contributed by atoms with Gasteiger partial charge >= 0.3 is 5.97 Å². The Morgan fingerprint density at radius 3 is 2.21 bits per heavy atom. The van der Waals surface area contributed by atoms with Gasteiger partial charge in [-0.25, -0.2) is 4.79 Å². The molecule has 1 atom stereocenters. The third-order valence-corrected chi connectivity index (χ3v) is 3.59. The lowest BCUT2D eigenvalue weighted by molar-refractivity contribution is -0.141. The van der Waals surface area contributed by atoms with Crippen LogP contribution in [0, 0.1) is 17.2 Å². The molecule has 0 aliphatic heterocycles. The number of hydrogen-bond donors (Lipinski definition) is 2. The maximum atomic E-state index is 12.2. The summed E-state index contributed by atoms with van der Waals surface area (Å²) in [5, 5.41) is 20.8. The van der Waals surface area contributed by atoms with Crippen molar-refractivity contribution in [1.29, 1.82) is 5.26 Å². The number of nitriles is 1. The summed E-state index contributed by atoms with van der Waals surface area (Å²) in [5.74, 6) is -1.26. The number of hydrogen-bond acceptors (Lipinski definition) is 3. The van der Waals surface area contributed by atoms with E-state index < -0.39 is 17.9 Å². The molecule has 0 bridgehead atoms. The van der Waals surface area contributed by atoms with E-state index in [1.807, 2.05) is 44.2 Å². The number of carbonyl (C=O) groups excluding carboxylic acids is 1. The quantitative estimate of drug-likeness (QED) is 0.593. The molecule has 5 nitrogen and oxygen atoms in total. The first-order valence-electron chi connectivity index (χ1n) is 8.00. The number of aliphatic carboxylic acids is 1. The number of carboxylic acid groups (broad SMARTS) is 1. The monoisotopic (exact) mass is 328 g/mol. The Bertz CT molecular complexity index is 652. The van der Waals surface area contributed by atoms with E-state index in [1.165, 1.54) is 6.08 Å². The van der Waals surface area contributed by atoms with E-state index in [2.05, 4.69) is 19.2 Å². The van der Waals surface area contributed by atoms with Crippen LogP contribution in [0.2, 0.25) is 0 Å². The topological polar surface area (TPSA) is 90.2 Å². The van der Waals surface area contributed by atoms with Crippen LogP contribution in [-0.2, 0) is 9.59 Å². The van der Waals surface area contributed by atoms with Crippen molar-refractivity contribution in [3.8, 4) is 6.07 Å². The zero-order valence-corrected chi connectivity index (χ0v) is 14.5. The Labute approximate surface area is 143 Å². The Morgan fingerprint density at radius 1 is 1.21 bits per heavy atom. The lowest BCUT2D eigenvalue weighted by Gasteiger charge is -2.16. The number of amides is 1. The van der Waals surface area contributed by atoms with Crippen LogP contribution in [0.15, 0.2) is 29.8 Å². The van der Waals surface area contributed by atoms with Gasteiger partial charge in [0.1, 0.15) is 17.7 Å². The minimum Gasteiger partial charge on any atom is -0.480 e. The van der Waals surface area contributed by atoms with Crippen LogP contribution >= 0.6 is 0 Å². The summed E-state index contributed by atoms with van der Waals surface area (Å²) in [5.41, 5.74) is 1.78. The van der Waals surface area contributed by atoms with Crippen LogP contribution in [0.4, 0.5) is 0 Å². The summed E-state index contributed by atoms with van der Waals surface area (Å²) in [6.45, 7) is 7.92. The number of nitrogens with zero attached hydrogens (tertiary/aromatic N) is 1. The number of carbonyl (C=O) groups is 2. The molecule has 1 aromatic carbocycles. The Balaban J connectivity index is 2.92. The second-order valence-corrected chi connectivity index (χ2v) is 6.49. The van der Waals surface area contributed by atoms with E-state index >= 15 is 0 Å². The molecule has 24 heavy (non-hydrogen) atoms. The zero-order chi connectivity index (χ0) is 18.3. The molecule has 0 fully saturated rings. The van der Waals surface area contributed by atoms with Crippen LogP contribution in [0.5, 0.6) is 0 Å². The van der Waals surface area contributed by atoms with E-state index in [0.717, 1.165) is 11.1 Å². The van der Waals surface area contributed by atoms with Crippen molar-refractivity contribution in [2.24, 2.45) is 5.92 Å². The molecule has 0 saturated carbocycles. The smallest absolute Gasteiger partial charge is 0.326 e. The largest absolute Gasteiger partial charge is 0.480 e. The number of benzene rings is 1. The van der Waals surface area contributed by atoms with Crippen LogP contribution in [0.25, 0.3) is 6.08 Å². The first-order valence-corrected chi connectivity index (χ1v) is 8.00. The van der Waals surface area contributed by atoms with E-state index in [9.17, 15) is 20.0 Å². The first kappa shape index (κ1) is 19.4. The van der Waals surface area contributed by atoms with E-state index in [1.54, 1.807) is 0 Å². The highest BCUT2D eigenvalue weighted by molar-refractivity contribution is 6.03. The summed E-state index contributed by atoms with van der Waals surface area (Å²) in [6, 6.07) is 8.40. The lowest BCUT2D eigenvalue weighted by Crippen LogP contribution is -2.42. The van der Waals surface area contributed by atoms with E-state index in [-0.39, 0.29) is 11.5 Å². The highest BCUT2D eigenvalue weighted by Crippen LogP contribution is 2.16. The molecule has 0 aliphatic carbocycles. The molecule has 128 valence electrons. The van der Waals surface area contributed by atoms with Gasteiger partial charge in [-0.3, -0.25) is 4.79 Å². The van der Waals surface area contributed by atoms with Gasteiger partial charge in [-0.1, -0.05) is 52.0 Å². The van der Waals surface area contributed by atoms with Crippen LogP contribution in [-0.4, -0.2) is 23.0 Å². The van der Waals surface area contributed by atoms with E-state index in [0.29, 0.717) is 12.3 Å². The molecular formula is C19H24N2O3. The van der Waals surface area contributed by atoms with Gasteiger partial charge in [-0.2, -0.15) is 5.26 Å². The van der Waals surface area contributed by atoms with Gasteiger partial charge in [0.05, 0.1) is 0 Å². The van der Waals surface area contributed by atoms with Crippen LogP contribution in [0.1, 0.15) is 51.2 Å². The minimum absolute atomic E-state index is 0.109. The van der Waals surface area contributed by atoms with E-state index in [4.69, 9.17) is 0 Å². The van der Waals surface area contributed by atoms with Gasteiger partial charge in [0, 0.05) is 0 Å². The van der Waals surface area contributed by atoms with Gasteiger partial charge in [0.15, 0.2) is 0 Å². The van der Waals surface area contributed by atoms with Gasteiger partial charge in [0.25, 0.3) is 5.91 Å². The molecule has 0 aliphatic rings. The number of carboxylic acids is 1. The number of nitrogens with one attached hydrogen (secondary N) is 1. The Kier molecular flexibility index (Phi) is 7.19. The second kappa shape index (κ2) is 8.88. The standard InChI is InChI=1S/C19H24N2O3/c1-12(2)9-17(19(23)24)21-18(22)16(11-20)10-14-5-7-15(8-6-14)13(3)4/h5-8,10,12-13,17H,9H2,1-4H3,(H,21,22)(H,23,24)/b16-10-. The molecule has 5 heteroatoms. The van der Waals surface area contributed by atoms with Crippen molar-refractivity contribution in [3.05, 3.63) is 41.0 Å². The molecule has 0 saturated heterocycles. The van der Waals surface area contributed by atoms with Crippen LogP contribution in [0.3, 0.4) is 0 Å². The van der Waals surface area contributed by atoms with Crippen molar-refractivity contribution in [3.63, 3.8) is 0 Å². The first-order chi connectivity index (χ1) is 11.2. The maximum absolute atomic E-state index is 12.2. The van der Waals surface area contributed by atoms with Crippen molar-refractivity contribution >= 4 is 18.0 Å². The Morgan fingerprint density at radius 2 is 1.79 bits per heavy atom. The predicted octanol–water partition coefficient (Wildman–Crippen LogP) is 3.33. The fourth-order valence-corrected chi connectivity index (χ4v) is 2.22. The maximum Gasteiger partial charge on any atom is 0.326 e. The van der Waals surface area contributed by atoms with Gasteiger partial charge < -0.3 is 10.4 Å². The van der Waals surface area contributed by atoms with Crippen LogP contribution < -0.4 is 5.32 Å². The molecule has 1 aromatic rings. The van der Waals surface area contributed by atoms with Crippen molar-refractivity contribution in [1.82, 2.24) is 5.32 Å². The molecular weight excluding hydrogens is 304 g/mol. The third-order valence-electron chi connectivity index (χ3n) is 3.59. The molecule has 0 aromatic heterocycles. The molecule has 1 rings (SSSR count). The summed E-state index contributed by atoms with van der Waals surface area (Å²) in [7, 11) is 0. The summed E-state index contributed by atoms with van der Waals surface area (Å²) < 4.78 is 0. The summed E-state index contributed by atoms with van der Waals surface area (Å²) in [4.78, 5) is 23.4. The molecule has 1 amide bonds. The van der Waals surface area contributed by atoms with Gasteiger partial charge in [-0.15, -0.1) is 0 Å². The Hall–Kier alpha value is -2.61. The molecule has 1 unspecified atom stereocenters. The molecule has 0 spiro atoms. The SMILES string of the molecule is CC(C)CC(NC(=O)/C(C#N)=C\c1ccc(C(C)C)cc1)C(=O)O. The number of rotatable bonds is 7.